The summed E-state index contributed by atoms with van der Waals surface area (Å²) in [5.41, 5.74) is 1.52. The molecule has 4 heteroatoms. The van der Waals surface area contributed by atoms with Crippen molar-refractivity contribution in [2.75, 3.05) is 0 Å². The maximum Gasteiger partial charge on any atom is 0.150 e. The lowest BCUT2D eigenvalue weighted by molar-refractivity contribution is 0.112. The number of ether oxygens (including phenoxy) is 1. The Morgan fingerprint density at radius 1 is 1.11 bits per heavy atom. The normalized spacial score (nSPS) is 10.1. The molecule has 0 N–H and O–H groups in total. The monoisotopic (exact) mass is 280 g/mol. The van der Waals surface area contributed by atoms with Gasteiger partial charge in [0.15, 0.2) is 0 Å². The van der Waals surface area contributed by atoms with E-state index in [1.807, 2.05) is 12.1 Å². The van der Waals surface area contributed by atoms with Crippen molar-refractivity contribution in [3.63, 3.8) is 0 Å². The van der Waals surface area contributed by atoms with E-state index in [-0.39, 0.29) is 0 Å². The molecule has 0 saturated heterocycles. The minimum atomic E-state index is 0.335. The highest BCUT2D eigenvalue weighted by atomic mass is 35.5. The van der Waals surface area contributed by atoms with Gasteiger partial charge in [0, 0.05) is 5.56 Å². The van der Waals surface area contributed by atoms with Crippen molar-refractivity contribution in [3.05, 3.63) is 63.6 Å². The van der Waals surface area contributed by atoms with Crippen molar-refractivity contribution < 1.29 is 9.53 Å². The van der Waals surface area contributed by atoms with Crippen molar-refractivity contribution in [3.8, 4) is 5.75 Å². The quantitative estimate of drug-likeness (QED) is 0.777. The van der Waals surface area contributed by atoms with E-state index in [9.17, 15) is 4.79 Å². The number of benzene rings is 2. The largest absolute Gasteiger partial charge is 0.487 e. The molecule has 0 atom stereocenters. The zero-order valence-corrected chi connectivity index (χ0v) is 10.9. The molecular weight excluding hydrogens is 271 g/mol. The Morgan fingerprint density at radius 3 is 2.67 bits per heavy atom. The summed E-state index contributed by atoms with van der Waals surface area (Å²) in [6.45, 7) is 0.335. The van der Waals surface area contributed by atoms with E-state index in [1.54, 1.807) is 30.3 Å². The lowest BCUT2D eigenvalue weighted by atomic mass is 10.1. The molecule has 0 bridgehead atoms. The molecule has 0 saturated carbocycles. The topological polar surface area (TPSA) is 26.3 Å². The summed E-state index contributed by atoms with van der Waals surface area (Å²) in [5, 5.41) is 0.849. The van der Waals surface area contributed by atoms with Crippen LogP contribution in [0.2, 0.25) is 10.0 Å². The molecule has 0 unspecified atom stereocenters. The van der Waals surface area contributed by atoms with Gasteiger partial charge in [-0.1, -0.05) is 47.5 Å². The van der Waals surface area contributed by atoms with E-state index in [2.05, 4.69) is 0 Å². The van der Waals surface area contributed by atoms with Crippen LogP contribution in [-0.4, -0.2) is 6.29 Å². The Balaban J connectivity index is 2.11. The highest BCUT2D eigenvalue weighted by Gasteiger charge is 2.05. The second kappa shape index (κ2) is 5.89. The van der Waals surface area contributed by atoms with Crippen molar-refractivity contribution in [1.82, 2.24) is 0 Å². The minimum Gasteiger partial charge on any atom is -0.487 e. The zero-order valence-electron chi connectivity index (χ0n) is 9.40. The predicted molar refractivity (Wildman–Crippen MR) is 72.6 cm³/mol. The zero-order chi connectivity index (χ0) is 13.0. The first-order chi connectivity index (χ1) is 8.70. The molecule has 0 fully saturated rings. The van der Waals surface area contributed by atoms with E-state index in [1.165, 1.54) is 0 Å². The molecule has 18 heavy (non-hydrogen) atoms. The molecule has 92 valence electrons. The maximum absolute atomic E-state index is 10.7. The predicted octanol–water partition coefficient (Wildman–Crippen LogP) is 4.38. The van der Waals surface area contributed by atoms with Gasteiger partial charge in [-0.3, -0.25) is 4.79 Å². The van der Waals surface area contributed by atoms with Gasteiger partial charge < -0.3 is 4.74 Å². The molecule has 2 rings (SSSR count). The number of halogens is 2. The molecule has 2 nitrogen and oxygen atoms in total. The van der Waals surface area contributed by atoms with Crippen LogP contribution in [0.5, 0.6) is 5.75 Å². The van der Waals surface area contributed by atoms with E-state index in [0.29, 0.717) is 28.0 Å². The molecule has 0 heterocycles. The number of hydrogen-bond acceptors (Lipinski definition) is 2. The third-order valence-corrected chi connectivity index (χ3v) is 3.20. The molecule has 0 amide bonds. The fraction of sp³-hybridized carbons (Fsp3) is 0.0714. The number of rotatable bonds is 4. The van der Waals surface area contributed by atoms with Gasteiger partial charge in [-0.15, -0.1) is 0 Å². The van der Waals surface area contributed by atoms with Crippen LogP contribution < -0.4 is 4.74 Å². The Kier molecular flexibility index (Phi) is 4.24. The number of hydrogen-bond donors (Lipinski definition) is 0. The lowest BCUT2D eigenvalue weighted by Gasteiger charge is -2.09. The first kappa shape index (κ1) is 12.9. The molecule has 2 aromatic carbocycles. The summed E-state index contributed by atoms with van der Waals surface area (Å²) in [6.07, 6.45) is 0.801. The number of carbonyl (C=O) groups excluding carboxylic acids is 1. The molecule has 0 radical (unpaired) electrons. The van der Waals surface area contributed by atoms with Crippen molar-refractivity contribution in [2.24, 2.45) is 0 Å². The molecular formula is C14H10Cl2O2. The van der Waals surface area contributed by atoms with Crippen molar-refractivity contribution in [2.45, 2.75) is 6.61 Å². The van der Waals surface area contributed by atoms with Gasteiger partial charge in [0.2, 0.25) is 0 Å². The van der Waals surface area contributed by atoms with Crippen LogP contribution in [0.3, 0.4) is 0 Å². The van der Waals surface area contributed by atoms with Gasteiger partial charge >= 0.3 is 0 Å². The Bertz CT molecular complexity index is 567. The SMILES string of the molecule is O=Cc1cccc(COc2cccc(Cl)c2Cl)c1. The lowest BCUT2D eigenvalue weighted by Crippen LogP contribution is -1.96. The molecule has 2 aromatic rings. The Morgan fingerprint density at radius 2 is 1.89 bits per heavy atom. The Labute approximate surface area is 115 Å². The van der Waals surface area contributed by atoms with Crippen LogP contribution in [0.1, 0.15) is 15.9 Å². The van der Waals surface area contributed by atoms with Gasteiger partial charge in [0.05, 0.1) is 5.02 Å². The molecule has 0 aliphatic heterocycles. The first-order valence-corrected chi connectivity index (χ1v) is 6.07. The average molecular weight is 281 g/mol. The third kappa shape index (κ3) is 3.03. The summed E-state index contributed by atoms with van der Waals surface area (Å²) >= 11 is 11.9. The van der Waals surface area contributed by atoms with E-state index >= 15 is 0 Å². The highest BCUT2D eigenvalue weighted by molar-refractivity contribution is 6.42. The van der Waals surface area contributed by atoms with Gasteiger partial charge in [-0.05, 0) is 23.8 Å². The van der Waals surface area contributed by atoms with E-state index < -0.39 is 0 Å². The second-order valence-electron chi connectivity index (χ2n) is 3.70. The molecule has 0 aromatic heterocycles. The molecule has 0 aliphatic carbocycles. The van der Waals surface area contributed by atoms with Gasteiger partial charge in [0.25, 0.3) is 0 Å². The van der Waals surface area contributed by atoms with E-state index in [0.717, 1.165) is 11.8 Å². The standard InChI is InChI=1S/C14H10Cl2O2/c15-12-5-2-6-13(14(12)16)18-9-11-4-1-3-10(7-11)8-17/h1-8H,9H2. The van der Waals surface area contributed by atoms with Gasteiger partial charge in [-0.2, -0.15) is 0 Å². The summed E-state index contributed by atoms with van der Waals surface area (Å²) in [6, 6.07) is 12.4. The van der Waals surface area contributed by atoms with Gasteiger partial charge in [0.1, 0.15) is 23.7 Å². The summed E-state index contributed by atoms with van der Waals surface area (Å²) in [5.74, 6) is 0.528. The van der Waals surface area contributed by atoms with Crippen LogP contribution in [0.25, 0.3) is 0 Å². The second-order valence-corrected chi connectivity index (χ2v) is 4.49. The fourth-order valence-electron chi connectivity index (χ4n) is 1.51. The maximum atomic E-state index is 10.7. The van der Waals surface area contributed by atoms with Crippen LogP contribution >= 0.6 is 23.2 Å². The van der Waals surface area contributed by atoms with Crippen LogP contribution in [0.15, 0.2) is 42.5 Å². The van der Waals surface area contributed by atoms with Crippen LogP contribution in [0, 0.1) is 0 Å². The van der Waals surface area contributed by atoms with E-state index in [4.69, 9.17) is 27.9 Å². The molecule has 0 aliphatic rings. The number of aldehydes is 1. The fourth-order valence-corrected chi connectivity index (χ4v) is 1.86. The smallest absolute Gasteiger partial charge is 0.150 e. The highest BCUT2D eigenvalue weighted by Crippen LogP contribution is 2.31. The van der Waals surface area contributed by atoms with Crippen LogP contribution in [-0.2, 0) is 6.61 Å². The summed E-state index contributed by atoms with van der Waals surface area (Å²) in [7, 11) is 0. The summed E-state index contributed by atoms with van der Waals surface area (Å²) in [4.78, 5) is 10.7. The molecule has 0 spiro atoms. The van der Waals surface area contributed by atoms with Gasteiger partial charge in [-0.25, -0.2) is 0 Å². The first-order valence-electron chi connectivity index (χ1n) is 5.31. The Hall–Kier alpha value is -1.51. The third-order valence-electron chi connectivity index (χ3n) is 2.40. The summed E-state index contributed by atoms with van der Waals surface area (Å²) < 4.78 is 5.57. The average Bonchev–Trinajstić information content (AvgIpc) is 2.41. The number of carbonyl (C=O) groups is 1. The van der Waals surface area contributed by atoms with Crippen molar-refractivity contribution in [1.29, 1.82) is 0 Å². The van der Waals surface area contributed by atoms with Crippen molar-refractivity contribution >= 4 is 29.5 Å². The minimum absolute atomic E-state index is 0.335. The van der Waals surface area contributed by atoms with Crippen LogP contribution in [0.4, 0.5) is 0 Å².